The van der Waals surface area contributed by atoms with Gasteiger partial charge in [0.05, 0.1) is 13.1 Å². The molecule has 0 saturated heterocycles. The van der Waals surface area contributed by atoms with Gasteiger partial charge in [-0.25, -0.2) is 19.0 Å². The lowest BCUT2D eigenvalue weighted by Crippen LogP contribution is -2.27. The van der Waals surface area contributed by atoms with E-state index < -0.39 is 11.8 Å². The zero-order chi connectivity index (χ0) is 19.7. The maximum Gasteiger partial charge on any atom is 0.346 e. The third kappa shape index (κ3) is 3.49. The van der Waals surface area contributed by atoms with E-state index in [1.54, 1.807) is 4.52 Å². The molecule has 0 aliphatic carbocycles. The quantitative estimate of drug-likeness (QED) is 0.531. The minimum Gasteiger partial charge on any atom is -0.327 e. The fraction of sp³-hybridized carbons (Fsp3) is 0.176. The highest BCUT2D eigenvalue weighted by atomic mass is 32.1. The van der Waals surface area contributed by atoms with Crippen molar-refractivity contribution in [2.24, 2.45) is 5.73 Å². The lowest BCUT2D eigenvalue weighted by atomic mass is 10.2. The Morgan fingerprint density at radius 1 is 1.21 bits per heavy atom. The molecule has 0 fully saturated rings. The lowest BCUT2D eigenvalue weighted by Gasteiger charge is -2.02. The maximum absolute atomic E-state index is 12.8. The van der Waals surface area contributed by atoms with E-state index in [0.717, 1.165) is 25.6 Å². The van der Waals surface area contributed by atoms with Crippen LogP contribution in [0.2, 0.25) is 0 Å². The normalized spacial score (nSPS) is 11.2. The van der Waals surface area contributed by atoms with Gasteiger partial charge in [0, 0.05) is 28.1 Å². The van der Waals surface area contributed by atoms with Crippen molar-refractivity contribution in [3.8, 4) is 10.4 Å². The number of aromatic nitrogens is 6. The summed E-state index contributed by atoms with van der Waals surface area (Å²) in [5.41, 5.74) is 6.26. The SMILES string of the molecule is NCC(Cn1ncn(Cc2ccc(-c3ccn4ncnc4c3)s2)c1=O)=C(F)F. The van der Waals surface area contributed by atoms with Crippen molar-refractivity contribution in [1.29, 1.82) is 0 Å². The van der Waals surface area contributed by atoms with Gasteiger partial charge in [0.2, 0.25) is 0 Å². The molecule has 11 heteroatoms. The first-order valence-electron chi connectivity index (χ1n) is 8.29. The molecule has 8 nitrogen and oxygen atoms in total. The standard InChI is InChI=1S/C17H15F2N7OS/c18-16(19)12(6-20)7-26-17(27)24(10-23-26)8-13-1-2-14(28-13)11-3-4-25-15(5-11)21-9-22-25/h1-5,9-10H,6-8,20H2. The van der Waals surface area contributed by atoms with Crippen molar-refractivity contribution in [2.75, 3.05) is 6.54 Å². The van der Waals surface area contributed by atoms with Crippen molar-refractivity contribution >= 4 is 17.0 Å². The topological polar surface area (TPSA) is 96.0 Å². The molecule has 0 spiro atoms. The Hall–Kier alpha value is -3.18. The number of nitrogens with zero attached hydrogens (tertiary/aromatic N) is 6. The van der Waals surface area contributed by atoms with Crippen molar-refractivity contribution < 1.29 is 8.78 Å². The highest BCUT2D eigenvalue weighted by molar-refractivity contribution is 7.15. The first-order chi connectivity index (χ1) is 13.5. The molecule has 0 unspecified atom stereocenters. The molecule has 0 aliphatic heterocycles. The van der Waals surface area contributed by atoms with Gasteiger partial charge < -0.3 is 5.73 Å². The molecule has 0 aromatic carbocycles. The highest BCUT2D eigenvalue weighted by Crippen LogP contribution is 2.28. The average Bonchev–Trinajstić information content (AvgIpc) is 3.41. The van der Waals surface area contributed by atoms with Gasteiger partial charge in [-0.1, -0.05) is 0 Å². The number of nitrogens with two attached hydrogens (primary N) is 1. The molecule has 4 rings (SSSR count). The molecule has 4 aromatic heterocycles. The second-order valence-electron chi connectivity index (χ2n) is 6.01. The fourth-order valence-electron chi connectivity index (χ4n) is 2.73. The summed E-state index contributed by atoms with van der Waals surface area (Å²) in [5, 5.41) is 7.97. The Morgan fingerprint density at radius 2 is 2.07 bits per heavy atom. The van der Waals surface area contributed by atoms with Crippen LogP contribution in [0.3, 0.4) is 0 Å². The van der Waals surface area contributed by atoms with Crippen molar-refractivity contribution in [1.82, 2.24) is 28.9 Å². The molecule has 4 aromatic rings. The van der Waals surface area contributed by atoms with E-state index in [0.29, 0.717) is 6.54 Å². The summed E-state index contributed by atoms with van der Waals surface area (Å²) in [6, 6.07) is 7.75. The summed E-state index contributed by atoms with van der Waals surface area (Å²) in [6.45, 7) is -0.346. The molecule has 0 bridgehead atoms. The van der Waals surface area contributed by atoms with Crippen LogP contribution in [0, 0.1) is 0 Å². The van der Waals surface area contributed by atoms with Crippen molar-refractivity contribution in [2.45, 2.75) is 13.1 Å². The first kappa shape index (κ1) is 18.2. The second kappa shape index (κ2) is 7.44. The predicted molar refractivity (Wildman–Crippen MR) is 100 cm³/mol. The highest BCUT2D eigenvalue weighted by Gasteiger charge is 2.12. The number of rotatable bonds is 6. The molecule has 28 heavy (non-hydrogen) atoms. The van der Waals surface area contributed by atoms with Crippen molar-refractivity contribution in [3.63, 3.8) is 0 Å². The van der Waals surface area contributed by atoms with Gasteiger partial charge in [-0.3, -0.25) is 4.57 Å². The number of thiophene rings is 1. The van der Waals surface area contributed by atoms with Crippen LogP contribution in [0.1, 0.15) is 4.88 Å². The number of pyridine rings is 1. The molecule has 2 N–H and O–H groups in total. The van der Waals surface area contributed by atoms with Gasteiger partial charge in [0.15, 0.2) is 5.65 Å². The summed E-state index contributed by atoms with van der Waals surface area (Å²) in [4.78, 5) is 18.5. The Balaban J connectivity index is 1.54. The second-order valence-corrected chi connectivity index (χ2v) is 7.18. The lowest BCUT2D eigenvalue weighted by molar-refractivity contribution is 0.400. The largest absolute Gasteiger partial charge is 0.346 e. The number of hydrogen-bond donors (Lipinski definition) is 1. The van der Waals surface area contributed by atoms with Gasteiger partial charge in [0.1, 0.15) is 12.7 Å². The molecule has 0 atom stereocenters. The Bertz CT molecular complexity index is 1220. The van der Waals surface area contributed by atoms with E-state index in [-0.39, 0.29) is 18.7 Å². The monoisotopic (exact) mass is 403 g/mol. The van der Waals surface area contributed by atoms with Crippen LogP contribution in [0.15, 0.2) is 59.6 Å². The zero-order valence-electron chi connectivity index (χ0n) is 14.5. The van der Waals surface area contributed by atoms with Gasteiger partial charge in [-0.15, -0.1) is 11.3 Å². The number of halogens is 2. The molecule has 0 aliphatic rings. The van der Waals surface area contributed by atoms with Crippen LogP contribution in [-0.2, 0) is 13.1 Å². The minimum absolute atomic E-state index is 0.302. The Labute approximate surface area is 161 Å². The van der Waals surface area contributed by atoms with Crippen LogP contribution in [-0.4, -0.2) is 35.5 Å². The predicted octanol–water partition coefficient (Wildman–Crippen LogP) is 1.97. The first-order valence-corrected chi connectivity index (χ1v) is 9.10. The average molecular weight is 403 g/mol. The van der Waals surface area contributed by atoms with E-state index in [9.17, 15) is 13.6 Å². The molecular weight excluding hydrogens is 388 g/mol. The van der Waals surface area contributed by atoms with Gasteiger partial charge in [-0.2, -0.15) is 19.0 Å². The van der Waals surface area contributed by atoms with Gasteiger partial charge in [-0.05, 0) is 29.8 Å². The molecule has 144 valence electrons. The van der Waals surface area contributed by atoms with Gasteiger partial charge >= 0.3 is 5.69 Å². The van der Waals surface area contributed by atoms with Crippen LogP contribution in [0.4, 0.5) is 8.78 Å². The molecule has 0 radical (unpaired) electrons. The van der Waals surface area contributed by atoms with Crippen LogP contribution >= 0.6 is 11.3 Å². The fourth-order valence-corrected chi connectivity index (χ4v) is 3.73. The molecule has 0 saturated carbocycles. The third-order valence-electron chi connectivity index (χ3n) is 4.20. The summed E-state index contributed by atoms with van der Waals surface area (Å²) < 4.78 is 29.5. The molecular formula is C17H15F2N7OS. The number of fused-ring (bicyclic) bond motifs is 1. The van der Waals surface area contributed by atoms with E-state index in [1.807, 2.05) is 30.5 Å². The molecule has 4 heterocycles. The third-order valence-corrected chi connectivity index (χ3v) is 5.32. The summed E-state index contributed by atoms with van der Waals surface area (Å²) >= 11 is 1.53. The van der Waals surface area contributed by atoms with E-state index in [4.69, 9.17) is 5.73 Å². The zero-order valence-corrected chi connectivity index (χ0v) is 15.3. The Kier molecular flexibility index (Phi) is 4.84. The van der Waals surface area contributed by atoms with E-state index in [2.05, 4.69) is 15.2 Å². The van der Waals surface area contributed by atoms with Gasteiger partial charge in [0.25, 0.3) is 6.08 Å². The summed E-state index contributed by atoms with van der Waals surface area (Å²) in [6.07, 6.45) is 2.78. The smallest absolute Gasteiger partial charge is 0.327 e. The minimum atomic E-state index is -1.88. The van der Waals surface area contributed by atoms with E-state index in [1.165, 1.54) is 28.6 Å². The summed E-state index contributed by atoms with van der Waals surface area (Å²) in [5.74, 6) is 0. The van der Waals surface area contributed by atoms with Crippen LogP contribution in [0.25, 0.3) is 16.1 Å². The Morgan fingerprint density at radius 3 is 2.86 bits per heavy atom. The van der Waals surface area contributed by atoms with Crippen LogP contribution < -0.4 is 11.4 Å². The summed E-state index contributed by atoms with van der Waals surface area (Å²) in [7, 11) is 0. The van der Waals surface area contributed by atoms with Crippen LogP contribution in [0.5, 0.6) is 0 Å². The molecule has 0 amide bonds. The number of hydrogen-bond acceptors (Lipinski definition) is 6. The van der Waals surface area contributed by atoms with Crippen molar-refractivity contribution in [3.05, 3.63) is 70.1 Å². The van der Waals surface area contributed by atoms with E-state index >= 15 is 0 Å². The maximum atomic E-state index is 12.8.